The number of rotatable bonds is 4. The Labute approximate surface area is 140 Å². The van der Waals surface area contributed by atoms with E-state index in [2.05, 4.69) is 10.4 Å². The topological polar surface area (TPSA) is 67.2 Å². The maximum atomic E-state index is 12.4. The first-order valence-corrected chi connectivity index (χ1v) is 8.21. The molecular weight excluding hydrogens is 314 g/mol. The van der Waals surface area contributed by atoms with Crippen molar-refractivity contribution in [1.82, 2.24) is 15.1 Å². The van der Waals surface area contributed by atoms with Crippen LogP contribution in [0.2, 0.25) is 5.02 Å². The van der Waals surface area contributed by atoms with Crippen molar-refractivity contribution in [3.8, 4) is 5.69 Å². The van der Waals surface area contributed by atoms with Gasteiger partial charge in [-0.3, -0.25) is 4.79 Å². The maximum Gasteiger partial charge on any atom is 0.254 e. The molecule has 5 nitrogen and oxygen atoms in total. The molecule has 0 radical (unpaired) electrons. The summed E-state index contributed by atoms with van der Waals surface area (Å²) in [6, 6.07) is 7.34. The van der Waals surface area contributed by atoms with E-state index in [1.807, 2.05) is 19.1 Å². The third-order valence-electron chi connectivity index (χ3n) is 4.45. The van der Waals surface area contributed by atoms with Crippen molar-refractivity contribution < 1.29 is 9.90 Å². The van der Waals surface area contributed by atoms with Crippen molar-refractivity contribution in [2.45, 2.75) is 32.3 Å². The maximum absolute atomic E-state index is 12.4. The number of aromatic nitrogens is 2. The van der Waals surface area contributed by atoms with Crippen LogP contribution in [0.5, 0.6) is 0 Å². The summed E-state index contributed by atoms with van der Waals surface area (Å²) in [6.07, 6.45) is 4.07. The Balaban J connectivity index is 1.72. The average molecular weight is 334 g/mol. The predicted octanol–water partition coefficient (Wildman–Crippen LogP) is 2.72. The molecule has 2 aromatic rings. The predicted molar refractivity (Wildman–Crippen MR) is 89.0 cm³/mol. The summed E-state index contributed by atoms with van der Waals surface area (Å²) in [7, 11) is 0. The standard InChI is InChI=1S/C17H20ClN3O2/c1-11-15(17(23)19-9-12-4-2-7-16(12)22)10-20-21(11)14-6-3-5-13(18)8-14/h3,5-6,8,10,12,16,22H,2,4,7,9H2,1H3,(H,19,23). The van der Waals surface area contributed by atoms with Crippen LogP contribution < -0.4 is 5.32 Å². The van der Waals surface area contributed by atoms with E-state index in [0.717, 1.165) is 30.6 Å². The fraction of sp³-hybridized carbons (Fsp3) is 0.412. The summed E-state index contributed by atoms with van der Waals surface area (Å²) in [4.78, 5) is 12.4. The zero-order valence-electron chi connectivity index (χ0n) is 13.0. The summed E-state index contributed by atoms with van der Waals surface area (Å²) in [6.45, 7) is 2.36. The first kappa shape index (κ1) is 16.0. The molecule has 2 unspecified atom stereocenters. The molecular formula is C17H20ClN3O2. The highest BCUT2D eigenvalue weighted by atomic mass is 35.5. The Bertz CT molecular complexity index is 714. The highest BCUT2D eigenvalue weighted by molar-refractivity contribution is 6.30. The van der Waals surface area contributed by atoms with Crippen LogP contribution in [0.1, 0.15) is 35.3 Å². The molecule has 6 heteroatoms. The van der Waals surface area contributed by atoms with Gasteiger partial charge in [0.25, 0.3) is 5.91 Å². The molecule has 0 spiro atoms. The molecule has 2 N–H and O–H groups in total. The van der Waals surface area contributed by atoms with Crippen molar-refractivity contribution >= 4 is 17.5 Å². The van der Waals surface area contributed by atoms with Crippen molar-refractivity contribution in [2.24, 2.45) is 5.92 Å². The van der Waals surface area contributed by atoms with Gasteiger partial charge in [-0.25, -0.2) is 4.68 Å². The highest BCUT2D eigenvalue weighted by Gasteiger charge is 2.26. The van der Waals surface area contributed by atoms with Crippen LogP contribution in [0.4, 0.5) is 0 Å². The Morgan fingerprint density at radius 3 is 3.00 bits per heavy atom. The van der Waals surface area contributed by atoms with Crippen LogP contribution >= 0.6 is 11.6 Å². The summed E-state index contributed by atoms with van der Waals surface area (Å²) in [5, 5.41) is 17.6. The zero-order valence-corrected chi connectivity index (χ0v) is 13.8. The van der Waals surface area contributed by atoms with Gasteiger partial charge in [-0.2, -0.15) is 5.10 Å². The van der Waals surface area contributed by atoms with Gasteiger partial charge in [0.15, 0.2) is 0 Å². The lowest BCUT2D eigenvalue weighted by Gasteiger charge is -2.15. The monoisotopic (exact) mass is 333 g/mol. The van der Waals surface area contributed by atoms with E-state index >= 15 is 0 Å². The molecule has 1 aromatic heterocycles. The fourth-order valence-corrected chi connectivity index (χ4v) is 3.26. The molecule has 3 rings (SSSR count). The molecule has 0 saturated heterocycles. The molecule has 0 aliphatic heterocycles. The molecule has 0 bridgehead atoms. The normalized spacial score (nSPS) is 20.7. The van der Waals surface area contributed by atoms with Gasteiger partial charge in [-0.15, -0.1) is 0 Å². The number of amides is 1. The van der Waals surface area contributed by atoms with Gasteiger partial charge in [-0.05, 0) is 38.0 Å². The zero-order chi connectivity index (χ0) is 16.4. The van der Waals surface area contributed by atoms with Crippen LogP contribution in [0, 0.1) is 12.8 Å². The first-order valence-electron chi connectivity index (χ1n) is 7.83. The van der Waals surface area contributed by atoms with Crippen LogP contribution in [0.3, 0.4) is 0 Å². The van der Waals surface area contributed by atoms with Crippen LogP contribution in [-0.2, 0) is 0 Å². The lowest BCUT2D eigenvalue weighted by Crippen LogP contribution is -2.32. The number of carbonyl (C=O) groups excluding carboxylic acids is 1. The van der Waals surface area contributed by atoms with Crippen molar-refractivity contribution in [2.75, 3.05) is 6.54 Å². The van der Waals surface area contributed by atoms with E-state index in [1.54, 1.807) is 23.0 Å². The van der Waals surface area contributed by atoms with Gasteiger partial charge in [0.05, 0.1) is 29.2 Å². The second-order valence-corrected chi connectivity index (χ2v) is 6.44. The average Bonchev–Trinajstić information content (AvgIpc) is 3.11. The number of nitrogens with one attached hydrogen (secondary N) is 1. The van der Waals surface area contributed by atoms with Crippen molar-refractivity contribution in [3.05, 3.63) is 46.7 Å². The molecule has 1 fully saturated rings. The molecule has 1 saturated carbocycles. The summed E-state index contributed by atoms with van der Waals surface area (Å²) in [5.74, 6) is -0.00268. The Morgan fingerprint density at radius 2 is 2.30 bits per heavy atom. The van der Waals surface area contributed by atoms with Crippen LogP contribution in [-0.4, -0.2) is 33.4 Å². The van der Waals surface area contributed by atoms with Gasteiger partial charge >= 0.3 is 0 Å². The van der Waals surface area contributed by atoms with E-state index < -0.39 is 0 Å². The number of benzene rings is 1. The second kappa shape index (κ2) is 6.72. The van der Waals surface area contributed by atoms with E-state index in [9.17, 15) is 9.90 Å². The SMILES string of the molecule is Cc1c(C(=O)NCC2CCCC2O)cnn1-c1cccc(Cl)c1. The third-order valence-corrected chi connectivity index (χ3v) is 4.69. The Kier molecular flexibility index (Phi) is 4.68. The number of aliphatic hydroxyl groups is 1. The van der Waals surface area contributed by atoms with Gasteiger partial charge in [-0.1, -0.05) is 24.1 Å². The Hall–Kier alpha value is -1.85. The molecule has 1 aliphatic carbocycles. The number of hydrogen-bond acceptors (Lipinski definition) is 3. The molecule has 122 valence electrons. The number of carbonyl (C=O) groups is 1. The molecule has 23 heavy (non-hydrogen) atoms. The first-order chi connectivity index (χ1) is 11.1. The minimum absolute atomic E-state index is 0.155. The van der Waals surface area contributed by atoms with E-state index in [-0.39, 0.29) is 17.9 Å². The van der Waals surface area contributed by atoms with E-state index in [0.29, 0.717) is 17.1 Å². The van der Waals surface area contributed by atoms with Crippen molar-refractivity contribution in [1.29, 1.82) is 0 Å². The van der Waals surface area contributed by atoms with E-state index in [1.165, 1.54) is 0 Å². The number of nitrogens with zero attached hydrogens (tertiary/aromatic N) is 2. The number of aliphatic hydroxyl groups excluding tert-OH is 1. The largest absolute Gasteiger partial charge is 0.393 e. The van der Waals surface area contributed by atoms with Gasteiger partial charge in [0.1, 0.15) is 0 Å². The van der Waals surface area contributed by atoms with Gasteiger partial charge in [0.2, 0.25) is 0 Å². The molecule has 1 heterocycles. The Morgan fingerprint density at radius 1 is 1.48 bits per heavy atom. The molecule has 1 amide bonds. The highest BCUT2D eigenvalue weighted by Crippen LogP contribution is 2.25. The summed E-state index contributed by atoms with van der Waals surface area (Å²) in [5.41, 5.74) is 2.12. The summed E-state index contributed by atoms with van der Waals surface area (Å²) < 4.78 is 1.70. The minimum atomic E-state index is -0.300. The lowest BCUT2D eigenvalue weighted by molar-refractivity contribution is 0.0916. The van der Waals surface area contributed by atoms with Crippen molar-refractivity contribution in [3.63, 3.8) is 0 Å². The molecule has 2 atom stereocenters. The van der Waals surface area contributed by atoms with Gasteiger partial charge in [0, 0.05) is 17.5 Å². The van der Waals surface area contributed by atoms with Crippen LogP contribution in [0.15, 0.2) is 30.5 Å². The van der Waals surface area contributed by atoms with Gasteiger partial charge < -0.3 is 10.4 Å². The molecule has 1 aromatic carbocycles. The third kappa shape index (κ3) is 3.41. The quantitative estimate of drug-likeness (QED) is 0.904. The van der Waals surface area contributed by atoms with E-state index in [4.69, 9.17) is 11.6 Å². The second-order valence-electron chi connectivity index (χ2n) is 6.00. The smallest absolute Gasteiger partial charge is 0.254 e. The lowest BCUT2D eigenvalue weighted by atomic mass is 10.1. The van der Waals surface area contributed by atoms with Crippen LogP contribution in [0.25, 0.3) is 5.69 Å². The number of halogens is 1. The molecule has 1 aliphatic rings. The summed E-state index contributed by atoms with van der Waals surface area (Å²) >= 11 is 6.01. The minimum Gasteiger partial charge on any atom is -0.393 e. The number of hydrogen-bond donors (Lipinski definition) is 2. The fourth-order valence-electron chi connectivity index (χ4n) is 3.08.